The average molecular weight is 1120 g/mol. The third-order valence-corrected chi connectivity index (χ3v) is 12.8. The van der Waals surface area contributed by atoms with E-state index in [1.165, 1.54) is 34.3 Å². The highest BCUT2D eigenvalue weighted by molar-refractivity contribution is 6.43. The number of ether oxygens (including phenoxy) is 2. The van der Waals surface area contributed by atoms with Crippen LogP contribution in [-0.2, 0) is 19.2 Å². The van der Waals surface area contributed by atoms with Crippen LogP contribution >= 0.6 is 69.6 Å². The Labute approximate surface area is 455 Å². The van der Waals surface area contributed by atoms with Gasteiger partial charge in [-0.25, -0.2) is 20.0 Å². The van der Waals surface area contributed by atoms with Gasteiger partial charge in [-0.05, 0) is 155 Å². The Morgan fingerprint density at radius 1 is 0.554 bits per heavy atom. The van der Waals surface area contributed by atoms with Crippen molar-refractivity contribution in [2.24, 2.45) is 9.98 Å². The number of carbonyl (C=O) groups excluding carboxylic acids is 4. The van der Waals surface area contributed by atoms with E-state index >= 15 is 0 Å². The van der Waals surface area contributed by atoms with Gasteiger partial charge < -0.3 is 30.3 Å². The molecule has 2 fully saturated rings. The van der Waals surface area contributed by atoms with E-state index in [0.29, 0.717) is 82.8 Å². The number of halogens is 6. The summed E-state index contributed by atoms with van der Waals surface area (Å²) in [7, 11) is 0. The van der Waals surface area contributed by atoms with Crippen molar-refractivity contribution in [3.05, 3.63) is 149 Å². The van der Waals surface area contributed by atoms with Crippen molar-refractivity contribution in [1.82, 2.24) is 10.9 Å². The number of aromatic hydroxyl groups is 2. The molecule has 2 aliphatic rings. The lowest BCUT2D eigenvalue weighted by molar-refractivity contribution is -0.122. The van der Waals surface area contributed by atoms with E-state index in [9.17, 15) is 29.4 Å². The lowest BCUT2D eigenvalue weighted by atomic mass is 10.1. The van der Waals surface area contributed by atoms with Crippen molar-refractivity contribution in [1.29, 1.82) is 0 Å². The molecule has 0 bridgehead atoms. The third kappa shape index (κ3) is 13.4. The van der Waals surface area contributed by atoms with Crippen LogP contribution < -0.4 is 41.0 Å². The third-order valence-electron chi connectivity index (χ3n) is 11.1. The van der Waals surface area contributed by atoms with E-state index in [-0.39, 0.29) is 57.8 Å². The first kappa shape index (κ1) is 54.8. The summed E-state index contributed by atoms with van der Waals surface area (Å²) in [6, 6.07) is 25.8. The summed E-state index contributed by atoms with van der Waals surface area (Å²) >= 11 is 37.5. The topological polar surface area (TPSA) is 207 Å². The molecule has 4 amide bonds. The Hall–Kier alpha value is -6.92. The van der Waals surface area contributed by atoms with Gasteiger partial charge in [0.1, 0.15) is 40.4 Å². The lowest BCUT2D eigenvalue weighted by Crippen LogP contribution is -2.36. The summed E-state index contributed by atoms with van der Waals surface area (Å²) in [5.74, 6) is 0.581. The number of hydrazine groups is 2. The van der Waals surface area contributed by atoms with Crippen molar-refractivity contribution < 1.29 is 38.9 Å². The van der Waals surface area contributed by atoms with Gasteiger partial charge in [0.15, 0.2) is 12.2 Å². The van der Waals surface area contributed by atoms with Gasteiger partial charge >= 0.3 is 0 Å². The van der Waals surface area contributed by atoms with Gasteiger partial charge in [-0.15, -0.1) is 0 Å². The van der Waals surface area contributed by atoms with Crippen LogP contribution in [0.2, 0.25) is 30.1 Å². The van der Waals surface area contributed by atoms with Crippen molar-refractivity contribution in [2.45, 2.75) is 66.6 Å². The number of anilines is 4. The first-order chi connectivity index (χ1) is 35.0. The van der Waals surface area contributed by atoms with Crippen LogP contribution in [0, 0.1) is 27.7 Å². The molecular formula is C52H46Cl6N8O8. The van der Waals surface area contributed by atoms with Gasteiger partial charge in [0.05, 0.1) is 55.0 Å². The van der Waals surface area contributed by atoms with Crippen molar-refractivity contribution in [3.63, 3.8) is 0 Å². The van der Waals surface area contributed by atoms with Crippen LogP contribution in [0.3, 0.4) is 0 Å². The largest absolute Gasteiger partial charge is 0.508 e. The van der Waals surface area contributed by atoms with E-state index in [4.69, 9.17) is 79.1 Å². The fraction of sp³-hybridized carbons (Fsp3) is 0.192. The van der Waals surface area contributed by atoms with Gasteiger partial charge in [0.2, 0.25) is 0 Å². The molecule has 0 radical (unpaired) electrons. The predicted octanol–water partition coefficient (Wildman–Crippen LogP) is 12.7. The maximum Gasteiger partial charge on any atom is 0.265 e. The standard InChI is InChI=1S/C27H26Cl2N4O4.C25H20Cl4N4O4/c1-14-9-16(3)26(21(29)10-14)33-25(35)13-24(32-33)31-22-12-18(5-7-20(22)28)30-27(36)17(4)37-19-6-8-23(34)15(2)11-19;1-12-7-16(4-6-21(12)34)37-13(2)25(36)30-15-3-5-17(27)20(10-15)31-22-11-23(35)33(32-22)24-18(28)8-14(26)9-19(24)29/h5-12,17,34H,13H2,1-4H3,(H,30,36)(H,31,32);3-10,13,34H,11H2,1-2H3,(H,30,36)(H,31,32). The highest BCUT2D eigenvalue weighted by atomic mass is 35.5. The number of amides is 4. The number of amidine groups is 2. The number of aliphatic imine (C=N–C) groups is 2. The maximum absolute atomic E-state index is 12.7. The molecule has 2 saturated heterocycles. The van der Waals surface area contributed by atoms with Gasteiger partial charge in [-0.2, -0.15) is 0 Å². The van der Waals surface area contributed by atoms with Gasteiger partial charge in [0.25, 0.3) is 23.6 Å². The van der Waals surface area contributed by atoms with E-state index in [0.717, 1.165) is 11.1 Å². The Morgan fingerprint density at radius 2 is 0.973 bits per heavy atom. The molecule has 2 unspecified atom stereocenters. The Bertz CT molecular complexity index is 3020. The first-order valence-corrected chi connectivity index (χ1v) is 24.7. The molecular weight excluding hydrogens is 1080 g/mol. The fourth-order valence-electron chi connectivity index (χ4n) is 7.38. The SMILES string of the molecule is Cc1cc(C)c(N2NC(=Nc3cc(NC(=O)C(C)Oc4ccc(O)c(C)c4)ccc3Cl)CC2=O)c(Cl)c1.Cc1cc(OC(C)C(=O)Nc2ccc(Cl)c(N=C3CC(=O)N(c4c(Cl)cc(Cl)cc4Cl)N3)c2)ccc1O. The number of nitrogens with one attached hydrogen (secondary N) is 4. The molecule has 74 heavy (non-hydrogen) atoms. The van der Waals surface area contributed by atoms with Crippen LogP contribution in [-0.4, -0.2) is 57.7 Å². The van der Waals surface area contributed by atoms with Crippen LogP contribution in [0.1, 0.15) is 48.9 Å². The van der Waals surface area contributed by atoms with Crippen LogP contribution in [0.5, 0.6) is 23.0 Å². The molecule has 0 aromatic heterocycles. The highest BCUT2D eigenvalue weighted by Crippen LogP contribution is 2.39. The van der Waals surface area contributed by atoms with E-state index < -0.39 is 18.1 Å². The zero-order chi connectivity index (χ0) is 53.7. The van der Waals surface area contributed by atoms with Crippen LogP contribution in [0.15, 0.2) is 107 Å². The number of hydrogen-bond acceptors (Lipinski definition) is 10. The Morgan fingerprint density at radius 3 is 1.39 bits per heavy atom. The van der Waals surface area contributed by atoms with E-state index in [1.807, 2.05) is 19.9 Å². The number of aryl methyl sites for hydroxylation is 4. The van der Waals surface area contributed by atoms with Gasteiger partial charge in [-0.3, -0.25) is 30.0 Å². The van der Waals surface area contributed by atoms with Crippen molar-refractivity contribution in [3.8, 4) is 23.0 Å². The molecule has 8 rings (SSSR count). The minimum absolute atomic E-state index is 0.0352. The van der Waals surface area contributed by atoms with Gasteiger partial charge in [-0.1, -0.05) is 75.7 Å². The Balaban J connectivity index is 0.000000216. The number of rotatable bonds is 12. The minimum Gasteiger partial charge on any atom is -0.508 e. The second-order valence-electron chi connectivity index (χ2n) is 17.0. The fourth-order valence-corrected chi connectivity index (χ4v) is 9.10. The summed E-state index contributed by atoms with van der Waals surface area (Å²) in [5.41, 5.74) is 11.5. The molecule has 384 valence electrons. The smallest absolute Gasteiger partial charge is 0.265 e. The molecule has 2 heterocycles. The molecule has 22 heteroatoms. The monoisotopic (exact) mass is 1120 g/mol. The van der Waals surface area contributed by atoms with E-state index in [2.05, 4.69) is 31.5 Å². The minimum atomic E-state index is -0.828. The molecule has 0 saturated carbocycles. The summed E-state index contributed by atoms with van der Waals surface area (Å²) in [6.07, 6.45) is -1.66. The van der Waals surface area contributed by atoms with Crippen LogP contribution in [0.25, 0.3) is 0 Å². The molecule has 0 spiro atoms. The molecule has 16 nitrogen and oxygen atoms in total. The van der Waals surface area contributed by atoms with Crippen LogP contribution in [0.4, 0.5) is 34.1 Å². The lowest BCUT2D eigenvalue weighted by Gasteiger charge is -2.20. The number of carbonyl (C=O) groups is 4. The highest BCUT2D eigenvalue weighted by Gasteiger charge is 2.32. The second-order valence-corrected chi connectivity index (χ2v) is 19.5. The van der Waals surface area contributed by atoms with Crippen molar-refractivity contribution in [2.75, 3.05) is 20.7 Å². The number of hydrogen-bond donors (Lipinski definition) is 6. The first-order valence-electron chi connectivity index (χ1n) is 22.4. The molecule has 6 aromatic carbocycles. The quantitative estimate of drug-likeness (QED) is 0.0683. The van der Waals surface area contributed by atoms with Crippen molar-refractivity contribution >= 4 is 139 Å². The van der Waals surface area contributed by atoms with E-state index in [1.54, 1.807) is 94.4 Å². The number of benzene rings is 6. The second kappa shape index (κ2) is 23.5. The summed E-state index contributed by atoms with van der Waals surface area (Å²) in [6.45, 7) is 10.5. The predicted molar refractivity (Wildman–Crippen MR) is 293 cm³/mol. The summed E-state index contributed by atoms with van der Waals surface area (Å²) in [4.78, 5) is 59.7. The number of phenolic OH excluding ortho intramolecular Hbond substituents is 2. The summed E-state index contributed by atoms with van der Waals surface area (Å²) in [5, 5.41) is 29.3. The molecule has 2 atom stereocenters. The zero-order valence-electron chi connectivity index (χ0n) is 40.2. The molecule has 6 aromatic rings. The summed E-state index contributed by atoms with van der Waals surface area (Å²) < 4.78 is 11.4. The number of phenols is 2. The number of nitrogens with zero attached hydrogens (tertiary/aromatic N) is 4. The molecule has 2 aliphatic heterocycles. The zero-order valence-corrected chi connectivity index (χ0v) is 44.7. The maximum atomic E-state index is 12.7. The van der Waals surface area contributed by atoms with Gasteiger partial charge in [0, 0.05) is 16.4 Å². The molecule has 0 aliphatic carbocycles. The molecule has 6 N–H and O–H groups in total. The average Bonchev–Trinajstić information content (AvgIpc) is 3.87. The Kier molecular flexibility index (Phi) is 17.4. The normalized spacial score (nSPS) is 15.0.